The lowest BCUT2D eigenvalue weighted by atomic mass is 10.3. The van der Waals surface area contributed by atoms with Crippen molar-refractivity contribution in [3.05, 3.63) is 24.3 Å². The second-order valence-electron chi connectivity index (χ2n) is 4.07. The molecule has 0 unspecified atom stereocenters. The number of para-hydroxylation sites is 2. The number of carbonyl (C=O) groups excluding carboxylic acids is 2. The lowest BCUT2D eigenvalue weighted by Gasteiger charge is -2.12. The quantitative estimate of drug-likeness (QED) is 0.845. The SMILES string of the molecule is CCCOc1ccccc1NC(=O)CNC(=O)C(F)(F)F. The Hall–Kier alpha value is -2.25. The van der Waals surface area contributed by atoms with Gasteiger partial charge in [-0.3, -0.25) is 9.59 Å². The van der Waals surface area contributed by atoms with Gasteiger partial charge in [-0.05, 0) is 18.6 Å². The number of nitrogens with one attached hydrogen (secondary N) is 2. The summed E-state index contributed by atoms with van der Waals surface area (Å²) in [5, 5.41) is 3.87. The smallest absolute Gasteiger partial charge is 0.471 e. The zero-order chi connectivity index (χ0) is 15.9. The van der Waals surface area contributed by atoms with Crippen molar-refractivity contribution in [1.82, 2.24) is 5.32 Å². The summed E-state index contributed by atoms with van der Waals surface area (Å²) in [6.45, 7) is 1.58. The molecular weight excluding hydrogens is 289 g/mol. The normalized spacial score (nSPS) is 10.9. The van der Waals surface area contributed by atoms with Crippen LogP contribution in [-0.2, 0) is 9.59 Å². The monoisotopic (exact) mass is 304 g/mol. The number of benzene rings is 1. The van der Waals surface area contributed by atoms with Crippen LogP contribution in [0, 0.1) is 0 Å². The van der Waals surface area contributed by atoms with Crippen molar-refractivity contribution in [1.29, 1.82) is 0 Å². The molecule has 0 bridgehead atoms. The molecule has 5 nitrogen and oxygen atoms in total. The van der Waals surface area contributed by atoms with Gasteiger partial charge in [0.15, 0.2) is 0 Å². The van der Waals surface area contributed by atoms with Crippen LogP contribution >= 0.6 is 0 Å². The van der Waals surface area contributed by atoms with E-state index in [2.05, 4.69) is 5.32 Å². The van der Waals surface area contributed by atoms with E-state index in [1.54, 1.807) is 24.3 Å². The van der Waals surface area contributed by atoms with Gasteiger partial charge in [-0.15, -0.1) is 0 Å². The number of anilines is 1. The number of ether oxygens (including phenoxy) is 1. The van der Waals surface area contributed by atoms with Gasteiger partial charge >= 0.3 is 12.1 Å². The Morgan fingerprint density at radius 3 is 2.52 bits per heavy atom. The first-order valence-electron chi connectivity index (χ1n) is 6.21. The van der Waals surface area contributed by atoms with Gasteiger partial charge in [-0.1, -0.05) is 19.1 Å². The van der Waals surface area contributed by atoms with Crippen LogP contribution < -0.4 is 15.4 Å². The molecule has 0 saturated carbocycles. The zero-order valence-electron chi connectivity index (χ0n) is 11.3. The van der Waals surface area contributed by atoms with Crippen LogP contribution in [0.5, 0.6) is 5.75 Å². The molecule has 0 radical (unpaired) electrons. The number of hydrogen-bond donors (Lipinski definition) is 2. The van der Waals surface area contributed by atoms with Gasteiger partial charge in [-0.25, -0.2) is 0 Å². The summed E-state index contributed by atoms with van der Waals surface area (Å²) in [7, 11) is 0. The highest BCUT2D eigenvalue weighted by Crippen LogP contribution is 2.23. The van der Waals surface area contributed by atoms with Crippen LogP contribution in [0.25, 0.3) is 0 Å². The Morgan fingerprint density at radius 2 is 1.90 bits per heavy atom. The molecule has 116 valence electrons. The number of alkyl halides is 3. The van der Waals surface area contributed by atoms with Crippen molar-refractivity contribution in [2.24, 2.45) is 0 Å². The fourth-order valence-electron chi connectivity index (χ4n) is 1.36. The number of carbonyl (C=O) groups is 2. The third-order valence-electron chi connectivity index (χ3n) is 2.29. The first kappa shape index (κ1) is 16.8. The summed E-state index contributed by atoms with van der Waals surface area (Å²) in [6, 6.07) is 6.52. The number of halogens is 3. The van der Waals surface area contributed by atoms with Crippen LogP contribution in [0.3, 0.4) is 0 Å². The van der Waals surface area contributed by atoms with Crippen molar-refractivity contribution in [2.45, 2.75) is 19.5 Å². The molecule has 0 atom stereocenters. The Kier molecular flexibility index (Phi) is 6.01. The predicted molar refractivity (Wildman–Crippen MR) is 69.9 cm³/mol. The minimum absolute atomic E-state index is 0.331. The molecule has 2 N–H and O–H groups in total. The minimum Gasteiger partial charge on any atom is -0.491 e. The van der Waals surface area contributed by atoms with E-state index in [9.17, 15) is 22.8 Å². The Morgan fingerprint density at radius 1 is 1.24 bits per heavy atom. The first-order chi connectivity index (χ1) is 9.84. The molecule has 0 aliphatic rings. The molecule has 0 heterocycles. The van der Waals surface area contributed by atoms with Gasteiger partial charge in [0.2, 0.25) is 5.91 Å². The molecule has 1 aromatic rings. The van der Waals surface area contributed by atoms with Crippen LogP contribution in [-0.4, -0.2) is 31.1 Å². The predicted octanol–water partition coefficient (Wildman–Crippen LogP) is 2.09. The molecule has 0 spiro atoms. The Bertz CT molecular complexity index is 504. The molecule has 0 fully saturated rings. The van der Waals surface area contributed by atoms with E-state index in [0.29, 0.717) is 18.0 Å². The molecule has 0 saturated heterocycles. The lowest BCUT2D eigenvalue weighted by molar-refractivity contribution is -0.173. The van der Waals surface area contributed by atoms with E-state index in [0.717, 1.165) is 6.42 Å². The molecule has 1 aromatic carbocycles. The summed E-state index contributed by atoms with van der Waals surface area (Å²) in [4.78, 5) is 22.1. The van der Waals surface area contributed by atoms with Crippen molar-refractivity contribution in [3.63, 3.8) is 0 Å². The summed E-state index contributed by atoms with van der Waals surface area (Å²) >= 11 is 0. The summed E-state index contributed by atoms with van der Waals surface area (Å²) in [5.41, 5.74) is 0.331. The van der Waals surface area contributed by atoms with E-state index in [4.69, 9.17) is 4.74 Å². The van der Waals surface area contributed by atoms with Crippen LogP contribution in [0.15, 0.2) is 24.3 Å². The maximum Gasteiger partial charge on any atom is 0.471 e. The average Bonchev–Trinajstić information content (AvgIpc) is 2.42. The first-order valence-corrected chi connectivity index (χ1v) is 6.21. The van der Waals surface area contributed by atoms with Crippen LogP contribution in [0.2, 0.25) is 0 Å². The van der Waals surface area contributed by atoms with Gasteiger partial charge in [0.05, 0.1) is 18.8 Å². The highest BCUT2D eigenvalue weighted by Gasteiger charge is 2.38. The molecule has 8 heteroatoms. The molecule has 2 amide bonds. The van der Waals surface area contributed by atoms with Gasteiger partial charge in [0, 0.05) is 0 Å². The van der Waals surface area contributed by atoms with Crippen LogP contribution in [0.4, 0.5) is 18.9 Å². The van der Waals surface area contributed by atoms with E-state index < -0.39 is 24.5 Å². The Labute approximate surface area is 119 Å². The molecule has 21 heavy (non-hydrogen) atoms. The third kappa shape index (κ3) is 5.72. The number of rotatable bonds is 6. The van der Waals surface area contributed by atoms with Gasteiger partial charge in [0.1, 0.15) is 5.75 Å². The topological polar surface area (TPSA) is 67.4 Å². The summed E-state index contributed by atoms with van der Waals surface area (Å²) in [5.74, 6) is -2.52. The van der Waals surface area contributed by atoms with E-state index >= 15 is 0 Å². The minimum atomic E-state index is -5.01. The van der Waals surface area contributed by atoms with Crippen molar-refractivity contribution < 1.29 is 27.5 Å². The standard InChI is InChI=1S/C13H15F3N2O3/c1-2-7-21-10-6-4-3-5-9(10)18-11(19)8-17-12(20)13(14,15)16/h3-6H,2,7-8H2,1H3,(H,17,20)(H,18,19). The van der Waals surface area contributed by atoms with E-state index in [1.807, 2.05) is 6.92 Å². The number of hydrogen-bond acceptors (Lipinski definition) is 3. The fraction of sp³-hybridized carbons (Fsp3) is 0.385. The van der Waals surface area contributed by atoms with Crippen molar-refractivity contribution >= 4 is 17.5 Å². The zero-order valence-corrected chi connectivity index (χ0v) is 11.3. The third-order valence-corrected chi connectivity index (χ3v) is 2.29. The fourth-order valence-corrected chi connectivity index (χ4v) is 1.36. The molecular formula is C13H15F3N2O3. The highest BCUT2D eigenvalue weighted by atomic mass is 19.4. The summed E-state index contributed by atoms with van der Waals surface area (Å²) < 4.78 is 41.3. The second kappa shape index (κ2) is 7.51. The van der Waals surface area contributed by atoms with E-state index in [1.165, 1.54) is 5.32 Å². The van der Waals surface area contributed by atoms with Crippen molar-refractivity contribution in [3.8, 4) is 5.75 Å². The van der Waals surface area contributed by atoms with Gasteiger partial charge in [-0.2, -0.15) is 13.2 Å². The molecule has 1 rings (SSSR count). The maximum absolute atomic E-state index is 12.0. The lowest BCUT2D eigenvalue weighted by Crippen LogP contribution is -2.41. The summed E-state index contributed by atoms with van der Waals surface area (Å²) in [6.07, 6.45) is -4.24. The Balaban J connectivity index is 2.57. The number of amides is 2. The average molecular weight is 304 g/mol. The van der Waals surface area contributed by atoms with Crippen LogP contribution in [0.1, 0.15) is 13.3 Å². The second-order valence-corrected chi connectivity index (χ2v) is 4.07. The molecule has 0 aliphatic carbocycles. The van der Waals surface area contributed by atoms with Gasteiger partial charge < -0.3 is 15.4 Å². The highest BCUT2D eigenvalue weighted by molar-refractivity contribution is 5.96. The molecule has 0 aliphatic heterocycles. The van der Waals surface area contributed by atoms with Crippen molar-refractivity contribution in [2.75, 3.05) is 18.5 Å². The van der Waals surface area contributed by atoms with E-state index in [-0.39, 0.29) is 0 Å². The maximum atomic E-state index is 12.0. The molecule has 0 aromatic heterocycles. The van der Waals surface area contributed by atoms with Gasteiger partial charge in [0.25, 0.3) is 0 Å². The largest absolute Gasteiger partial charge is 0.491 e.